The molecule has 0 aliphatic heterocycles. The summed E-state index contributed by atoms with van der Waals surface area (Å²) in [5.41, 5.74) is 7.01. The van der Waals surface area contributed by atoms with Crippen LogP contribution in [-0.4, -0.2) is 20.6 Å². The van der Waals surface area contributed by atoms with Crippen molar-refractivity contribution in [3.05, 3.63) is 65.2 Å². The Morgan fingerprint density at radius 1 is 1.22 bits per heavy atom. The summed E-state index contributed by atoms with van der Waals surface area (Å²) in [6, 6.07) is 14.7. The molecule has 0 aliphatic rings. The molecule has 6 nitrogen and oxygen atoms in total. The van der Waals surface area contributed by atoms with E-state index in [1.165, 1.54) is 10.4 Å². The molecule has 0 saturated carbocycles. The molecule has 0 aliphatic carbocycles. The molecule has 2 N–H and O–H groups in total. The van der Waals surface area contributed by atoms with Crippen LogP contribution in [0.15, 0.2) is 48.5 Å². The number of amides is 1. The number of nitrogens with two attached hydrogens (primary N) is 1. The van der Waals surface area contributed by atoms with Crippen molar-refractivity contribution in [3.63, 3.8) is 0 Å². The molecule has 118 valence electrons. The second kappa shape index (κ2) is 6.50. The normalized spacial score (nSPS) is 10.8. The highest BCUT2D eigenvalue weighted by atomic mass is 32.2. The summed E-state index contributed by atoms with van der Waals surface area (Å²) in [5.74, 6) is -0.543. The number of nitrogens with zero attached hydrogens (tertiary/aromatic N) is 2. The van der Waals surface area contributed by atoms with Crippen molar-refractivity contribution in [3.8, 4) is 6.07 Å². The van der Waals surface area contributed by atoms with E-state index in [1.807, 2.05) is 6.07 Å². The number of sulfonamides is 1. The Balaban J connectivity index is 2.37. The van der Waals surface area contributed by atoms with Crippen LogP contribution in [0.4, 0.5) is 5.69 Å². The molecule has 0 aromatic heterocycles. The van der Waals surface area contributed by atoms with Gasteiger partial charge in [-0.25, -0.2) is 8.42 Å². The van der Waals surface area contributed by atoms with Gasteiger partial charge in [0.25, 0.3) is 0 Å². The maximum atomic E-state index is 12.1. The fourth-order valence-electron chi connectivity index (χ4n) is 2.07. The first-order valence-electron chi connectivity index (χ1n) is 6.68. The number of hydrogen-bond acceptors (Lipinski definition) is 4. The smallest absolute Gasteiger partial charge is 0.248 e. The maximum Gasteiger partial charge on any atom is 0.248 e. The molecule has 0 spiro atoms. The van der Waals surface area contributed by atoms with E-state index in [1.54, 1.807) is 42.5 Å². The van der Waals surface area contributed by atoms with E-state index in [-0.39, 0.29) is 6.54 Å². The van der Waals surface area contributed by atoms with Crippen molar-refractivity contribution in [1.82, 2.24) is 0 Å². The number of anilines is 1. The van der Waals surface area contributed by atoms with Gasteiger partial charge in [0, 0.05) is 5.56 Å². The van der Waals surface area contributed by atoms with Gasteiger partial charge in [-0.15, -0.1) is 0 Å². The molecule has 0 unspecified atom stereocenters. The summed E-state index contributed by atoms with van der Waals surface area (Å²) in [7, 11) is -3.54. The minimum Gasteiger partial charge on any atom is -0.366 e. The van der Waals surface area contributed by atoms with E-state index >= 15 is 0 Å². The van der Waals surface area contributed by atoms with Crippen molar-refractivity contribution in [1.29, 1.82) is 5.26 Å². The Bertz CT molecular complexity index is 868. The van der Waals surface area contributed by atoms with Gasteiger partial charge in [0.15, 0.2) is 0 Å². The molecule has 0 radical (unpaired) electrons. The largest absolute Gasteiger partial charge is 0.366 e. The fraction of sp³-hybridized carbons (Fsp3) is 0.125. The first kappa shape index (κ1) is 16.5. The third-order valence-corrected chi connectivity index (χ3v) is 4.37. The van der Waals surface area contributed by atoms with E-state index < -0.39 is 15.9 Å². The van der Waals surface area contributed by atoms with Crippen LogP contribution in [0.3, 0.4) is 0 Å². The number of nitriles is 1. The molecular formula is C16H15N3O3S. The third kappa shape index (κ3) is 4.08. The molecule has 0 saturated heterocycles. The zero-order chi connectivity index (χ0) is 17.0. The van der Waals surface area contributed by atoms with Gasteiger partial charge in [-0.3, -0.25) is 9.10 Å². The predicted octanol–water partition coefficient (Wildman–Crippen LogP) is 1.62. The minimum atomic E-state index is -3.54. The lowest BCUT2D eigenvalue weighted by atomic mass is 10.1. The van der Waals surface area contributed by atoms with Gasteiger partial charge in [-0.2, -0.15) is 5.26 Å². The molecule has 2 aromatic carbocycles. The SMILES string of the molecule is CS(=O)(=O)N(Cc1ccc(C(N)=O)cc1)c1cccc(C#N)c1. The molecule has 2 aromatic rings. The first-order chi connectivity index (χ1) is 10.8. The van der Waals surface area contributed by atoms with Crippen molar-refractivity contribution in [2.45, 2.75) is 6.54 Å². The quantitative estimate of drug-likeness (QED) is 0.900. The van der Waals surface area contributed by atoms with Gasteiger partial charge < -0.3 is 5.73 Å². The van der Waals surface area contributed by atoms with Crippen LogP contribution in [-0.2, 0) is 16.6 Å². The zero-order valence-electron chi connectivity index (χ0n) is 12.4. The van der Waals surface area contributed by atoms with E-state index in [4.69, 9.17) is 11.0 Å². The molecule has 0 atom stereocenters. The molecule has 0 fully saturated rings. The standard InChI is InChI=1S/C16H15N3O3S/c1-23(21,22)19(15-4-2-3-13(9-15)10-17)11-12-5-7-14(8-6-12)16(18)20/h2-9H,11H2,1H3,(H2,18,20). The first-order valence-corrected chi connectivity index (χ1v) is 8.52. The number of primary amides is 1. The molecule has 0 bridgehead atoms. The predicted molar refractivity (Wildman–Crippen MR) is 87.1 cm³/mol. The van der Waals surface area contributed by atoms with Crippen LogP contribution in [0.25, 0.3) is 0 Å². The average Bonchev–Trinajstić information content (AvgIpc) is 2.52. The number of hydrogen-bond donors (Lipinski definition) is 1. The lowest BCUT2D eigenvalue weighted by Gasteiger charge is -2.22. The van der Waals surface area contributed by atoms with E-state index in [0.717, 1.165) is 6.26 Å². The topological polar surface area (TPSA) is 104 Å². The Labute approximate surface area is 134 Å². The van der Waals surface area contributed by atoms with Crippen LogP contribution >= 0.6 is 0 Å². The fourth-order valence-corrected chi connectivity index (χ4v) is 2.95. The Hall–Kier alpha value is -2.85. The molecule has 7 heteroatoms. The second-order valence-corrected chi connectivity index (χ2v) is 6.90. The molecule has 0 heterocycles. The summed E-state index contributed by atoms with van der Waals surface area (Å²) >= 11 is 0. The van der Waals surface area contributed by atoms with Crippen molar-refractivity contribution < 1.29 is 13.2 Å². The highest BCUT2D eigenvalue weighted by Crippen LogP contribution is 2.21. The molecule has 1 amide bonds. The van der Waals surface area contributed by atoms with Crippen molar-refractivity contribution in [2.24, 2.45) is 5.73 Å². The van der Waals surface area contributed by atoms with Gasteiger partial charge in [0.05, 0.1) is 30.1 Å². The highest BCUT2D eigenvalue weighted by Gasteiger charge is 2.18. The minimum absolute atomic E-state index is 0.0900. The number of benzene rings is 2. The van der Waals surface area contributed by atoms with Gasteiger partial charge in [-0.1, -0.05) is 18.2 Å². The number of carbonyl (C=O) groups is 1. The zero-order valence-corrected chi connectivity index (χ0v) is 13.2. The summed E-state index contributed by atoms with van der Waals surface area (Å²) < 4.78 is 25.4. The number of rotatable bonds is 5. The van der Waals surface area contributed by atoms with Gasteiger partial charge >= 0.3 is 0 Å². The lowest BCUT2D eigenvalue weighted by Crippen LogP contribution is -2.29. The van der Waals surface area contributed by atoms with E-state index in [0.29, 0.717) is 22.4 Å². The van der Waals surface area contributed by atoms with Gasteiger partial charge in [0.2, 0.25) is 15.9 Å². The molecular weight excluding hydrogens is 314 g/mol. The van der Waals surface area contributed by atoms with Gasteiger partial charge in [-0.05, 0) is 35.9 Å². The summed E-state index contributed by atoms with van der Waals surface area (Å²) in [4.78, 5) is 11.1. The van der Waals surface area contributed by atoms with Crippen molar-refractivity contribution >= 4 is 21.6 Å². The summed E-state index contributed by atoms with van der Waals surface area (Å²) in [6.45, 7) is 0.0900. The van der Waals surface area contributed by atoms with Crippen LogP contribution < -0.4 is 10.0 Å². The maximum absolute atomic E-state index is 12.1. The Kier molecular flexibility index (Phi) is 4.67. The molecule has 23 heavy (non-hydrogen) atoms. The second-order valence-electron chi connectivity index (χ2n) is 4.99. The lowest BCUT2D eigenvalue weighted by molar-refractivity contribution is 0.100. The van der Waals surface area contributed by atoms with Crippen LogP contribution in [0.1, 0.15) is 21.5 Å². The van der Waals surface area contributed by atoms with Gasteiger partial charge in [0.1, 0.15) is 0 Å². The van der Waals surface area contributed by atoms with E-state index in [2.05, 4.69) is 0 Å². The third-order valence-electron chi connectivity index (χ3n) is 3.23. The van der Waals surface area contributed by atoms with Crippen molar-refractivity contribution in [2.75, 3.05) is 10.6 Å². The molecule has 2 rings (SSSR count). The monoisotopic (exact) mass is 329 g/mol. The van der Waals surface area contributed by atoms with Crippen LogP contribution in [0, 0.1) is 11.3 Å². The Morgan fingerprint density at radius 3 is 2.39 bits per heavy atom. The summed E-state index contributed by atoms with van der Waals surface area (Å²) in [6.07, 6.45) is 1.10. The summed E-state index contributed by atoms with van der Waals surface area (Å²) in [5, 5.41) is 8.96. The highest BCUT2D eigenvalue weighted by molar-refractivity contribution is 7.92. The van der Waals surface area contributed by atoms with Crippen LogP contribution in [0.2, 0.25) is 0 Å². The Morgan fingerprint density at radius 2 is 1.87 bits per heavy atom. The van der Waals surface area contributed by atoms with Crippen LogP contribution in [0.5, 0.6) is 0 Å². The van der Waals surface area contributed by atoms with E-state index in [9.17, 15) is 13.2 Å². The average molecular weight is 329 g/mol. The number of carbonyl (C=O) groups excluding carboxylic acids is 1.